The van der Waals surface area contributed by atoms with E-state index in [4.69, 9.17) is 0 Å². The van der Waals surface area contributed by atoms with Crippen molar-refractivity contribution in [2.24, 2.45) is 0 Å². The van der Waals surface area contributed by atoms with Crippen molar-refractivity contribution in [1.82, 2.24) is 5.32 Å². The average Bonchev–Trinajstić information content (AvgIpc) is 3.06. The Hall–Kier alpha value is 0.190. The molecule has 3 rings (SSSR count). The standard InChI is InChI=1S/C15H18BrNS3/c1-2-5-17-14(15-11(16)3-7-19-15)13-8-10-9-18-6-4-12(10)20-13/h3,7-8,14,17H,2,4-6,9H2,1H3. The summed E-state index contributed by atoms with van der Waals surface area (Å²) in [5.74, 6) is 2.47. The average molecular weight is 388 g/mol. The number of thiophene rings is 2. The first-order valence-corrected chi connectivity index (χ1v) is 10.6. The van der Waals surface area contributed by atoms with Gasteiger partial charge in [0.15, 0.2) is 0 Å². The van der Waals surface area contributed by atoms with Crippen molar-refractivity contribution < 1.29 is 0 Å². The van der Waals surface area contributed by atoms with Crippen LogP contribution in [0.3, 0.4) is 0 Å². The molecule has 3 heterocycles. The van der Waals surface area contributed by atoms with Crippen molar-refractivity contribution in [2.75, 3.05) is 12.3 Å². The predicted molar refractivity (Wildman–Crippen MR) is 96.3 cm³/mol. The van der Waals surface area contributed by atoms with Gasteiger partial charge in [0.05, 0.1) is 6.04 Å². The minimum absolute atomic E-state index is 0.352. The number of thioether (sulfide) groups is 1. The summed E-state index contributed by atoms with van der Waals surface area (Å²) >= 11 is 9.61. The Morgan fingerprint density at radius 1 is 1.45 bits per heavy atom. The van der Waals surface area contributed by atoms with Gasteiger partial charge < -0.3 is 5.32 Å². The fraction of sp³-hybridized carbons (Fsp3) is 0.467. The first-order valence-electron chi connectivity index (χ1n) is 6.95. The molecule has 1 aliphatic heterocycles. The lowest BCUT2D eigenvalue weighted by molar-refractivity contribution is 0.611. The minimum Gasteiger partial charge on any atom is -0.305 e. The fourth-order valence-electron chi connectivity index (χ4n) is 2.44. The molecule has 0 bridgehead atoms. The van der Waals surface area contributed by atoms with Crippen LogP contribution in [0.15, 0.2) is 22.0 Å². The molecule has 0 aliphatic carbocycles. The smallest absolute Gasteiger partial charge is 0.0776 e. The zero-order valence-electron chi connectivity index (χ0n) is 11.4. The molecule has 5 heteroatoms. The molecule has 0 saturated carbocycles. The second kappa shape index (κ2) is 6.97. The van der Waals surface area contributed by atoms with Crippen LogP contribution >= 0.6 is 50.4 Å². The number of fused-ring (bicyclic) bond motifs is 1. The highest BCUT2D eigenvalue weighted by molar-refractivity contribution is 9.10. The zero-order valence-corrected chi connectivity index (χ0v) is 15.5. The van der Waals surface area contributed by atoms with E-state index in [0.29, 0.717) is 6.04 Å². The fourth-order valence-corrected chi connectivity index (χ4v) is 6.67. The van der Waals surface area contributed by atoms with E-state index < -0.39 is 0 Å². The highest BCUT2D eigenvalue weighted by Crippen LogP contribution is 2.39. The molecule has 0 radical (unpaired) electrons. The van der Waals surface area contributed by atoms with Gasteiger partial charge in [-0.2, -0.15) is 11.8 Å². The number of rotatable bonds is 5. The van der Waals surface area contributed by atoms with Crippen molar-refractivity contribution in [3.05, 3.63) is 42.2 Å². The summed E-state index contributed by atoms with van der Waals surface area (Å²) in [4.78, 5) is 4.49. The lowest BCUT2D eigenvalue weighted by Crippen LogP contribution is -2.21. The summed E-state index contributed by atoms with van der Waals surface area (Å²) in [6.07, 6.45) is 2.41. The van der Waals surface area contributed by atoms with Gasteiger partial charge in [-0.1, -0.05) is 6.92 Å². The van der Waals surface area contributed by atoms with Crippen LogP contribution in [0.2, 0.25) is 0 Å². The minimum atomic E-state index is 0.352. The van der Waals surface area contributed by atoms with E-state index in [0.717, 1.165) is 6.54 Å². The molecule has 20 heavy (non-hydrogen) atoms. The number of hydrogen-bond acceptors (Lipinski definition) is 4. The maximum atomic E-state index is 3.72. The van der Waals surface area contributed by atoms with Gasteiger partial charge in [0.25, 0.3) is 0 Å². The van der Waals surface area contributed by atoms with Gasteiger partial charge in [-0.25, -0.2) is 0 Å². The molecule has 0 amide bonds. The Bertz CT molecular complexity index is 552. The van der Waals surface area contributed by atoms with Crippen LogP contribution in [0.25, 0.3) is 0 Å². The first-order chi connectivity index (χ1) is 9.79. The van der Waals surface area contributed by atoms with Gasteiger partial charge in [-0.3, -0.25) is 0 Å². The third-order valence-electron chi connectivity index (χ3n) is 3.44. The quantitative estimate of drug-likeness (QED) is 0.731. The maximum Gasteiger partial charge on any atom is 0.0776 e. The molecule has 1 aliphatic rings. The van der Waals surface area contributed by atoms with Crippen molar-refractivity contribution in [3.8, 4) is 0 Å². The topological polar surface area (TPSA) is 12.0 Å². The van der Waals surface area contributed by atoms with Crippen LogP contribution < -0.4 is 5.32 Å². The van der Waals surface area contributed by atoms with Gasteiger partial charge in [-0.05, 0) is 64.1 Å². The largest absolute Gasteiger partial charge is 0.305 e. The van der Waals surface area contributed by atoms with E-state index in [2.05, 4.69) is 57.4 Å². The van der Waals surface area contributed by atoms with Crippen molar-refractivity contribution >= 4 is 50.4 Å². The molecule has 0 saturated heterocycles. The molecule has 0 fully saturated rings. The van der Waals surface area contributed by atoms with Crippen molar-refractivity contribution in [2.45, 2.75) is 31.6 Å². The Balaban J connectivity index is 1.92. The van der Waals surface area contributed by atoms with Crippen LogP contribution in [0.5, 0.6) is 0 Å². The van der Waals surface area contributed by atoms with Gasteiger partial charge >= 0.3 is 0 Å². The normalized spacial score (nSPS) is 16.1. The molecule has 1 atom stereocenters. The Labute approximate surface area is 141 Å². The van der Waals surface area contributed by atoms with E-state index >= 15 is 0 Å². The number of halogens is 1. The summed E-state index contributed by atoms with van der Waals surface area (Å²) in [5.41, 5.74) is 1.57. The van der Waals surface area contributed by atoms with Crippen molar-refractivity contribution in [1.29, 1.82) is 0 Å². The van der Waals surface area contributed by atoms with E-state index in [1.54, 1.807) is 10.4 Å². The van der Waals surface area contributed by atoms with Crippen LogP contribution in [0.1, 0.15) is 39.6 Å². The summed E-state index contributed by atoms with van der Waals surface area (Å²) in [5, 5.41) is 5.89. The lowest BCUT2D eigenvalue weighted by atomic mass is 10.1. The third kappa shape index (κ3) is 3.17. The van der Waals surface area contributed by atoms with E-state index in [1.165, 1.54) is 38.6 Å². The molecule has 2 aromatic heterocycles. The molecule has 1 nitrogen and oxygen atoms in total. The summed E-state index contributed by atoms with van der Waals surface area (Å²) in [6.45, 7) is 3.29. The Morgan fingerprint density at radius 2 is 2.35 bits per heavy atom. The van der Waals surface area contributed by atoms with Crippen LogP contribution in [0.4, 0.5) is 0 Å². The van der Waals surface area contributed by atoms with Crippen LogP contribution in [-0.4, -0.2) is 12.3 Å². The van der Waals surface area contributed by atoms with Gasteiger partial charge in [0, 0.05) is 24.9 Å². The third-order valence-corrected chi connectivity index (χ3v) is 7.68. The van der Waals surface area contributed by atoms with E-state index in [9.17, 15) is 0 Å². The molecule has 2 aromatic rings. The molecule has 1 unspecified atom stereocenters. The molecular weight excluding hydrogens is 370 g/mol. The van der Waals surface area contributed by atoms with Crippen LogP contribution in [0, 0.1) is 0 Å². The monoisotopic (exact) mass is 387 g/mol. The molecule has 0 aromatic carbocycles. The van der Waals surface area contributed by atoms with E-state index in [-0.39, 0.29) is 0 Å². The first kappa shape index (κ1) is 15.1. The highest BCUT2D eigenvalue weighted by atomic mass is 79.9. The predicted octanol–water partition coefficient (Wildman–Crippen LogP) is 5.45. The molecule has 1 N–H and O–H groups in total. The molecular formula is C15H18BrNS3. The SMILES string of the molecule is CCCNC(c1cc2c(s1)CCSC2)c1sccc1Br. The number of hydrogen-bond donors (Lipinski definition) is 1. The highest BCUT2D eigenvalue weighted by Gasteiger charge is 2.22. The van der Waals surface area contributed by atoms with E-state index in [1.807, 2.05) is 22.7 Å². The maximum absolute atomic E-state index is 3.72. The molecule has 0 spiro atoms. The summed E-state index contributed by atoms with van der Waals surface area (Å²) < 4.78 is 1.23. The molecule has 108 valence electrons. The second-order valence-corrected chi connectivity index (χ2v) is 9.00. The lowest BCUT2D eigenvalue weighted by Gasteiger charge is -2.16. The zero-order chi connectivity index (χ0) is 13.9. The second-order valence-electron chi connectivity index (χ2n) is 4.92. The summed E-state index contributed by atoms with van der Waals surface area (Å²) in [6, 6.07) is 4.94. The van der Waals surface area contributed by atoms with Crippen molar-refractivity contribution in [3.63, 3.8) is 0 Å². The van der Waals surface area contributed by atoms with Gasteiger partial charge in [0.1, 0.15) is 0 Å². The van der Waals surface area contributed by atoms with Gasteiger partial charge in [0.2, 0.25) is 0 Å². The number of nitrogens with one attached hydrogen (secondary N) is 1. The van der Waals surface area contributed by atoms with Gasteiger partial charge in [-0.15, -0.1) is 22.7 Å². The Kier molecular flexibility index (Phi) is 5.26. The summed E-state index contributed by atoms with van der Waals surface area (Å²) in [7, 11) is 0. The Morgan fingerprint density at radius 3 is 3.05 bits per heavy atom. The number of aryl methyl sites for hydroxylation is 1. The van der Waals surface area contributed by atoms with Crippen LogP contribution in [-0.2, 0) is 12.2 Å².